The number of piperidine rings is 1. The first-order valence-corrected chi connectivity index (χ1v) is 11.4. The topological polar surface area (TPSA) is 92.9 Å². The van der Waals surface area contributed by atoms with E-state index < -0.39 is 5.41 Å². The van der Waals surface area contributed by atoms with Crippen molar-refractivity contribution in [3.63, 3.8) is 0 Å². The van der Waals surface area contributed by atoms with Crippen LogP contribution in [0.2, 0.25) is 0 Å². The summed E-state index contributed by atoms with van der Waals surface area (Å²) in [5.74, 6) is 0.0361. The van der Waals surface area contributed by atoms with E-state index in [0.29, 0.717) is 32.5 Å². The molecule has 2 heterocycles. The van der Waals surface area contributed by atoms with Crippen molar-refractivity contribution in [2.75, 3.05) is 33.8 Å². The van der Waals surface area contributed by atoms with Gasteiger partial charge < -0.3 is 20.3 Å². The molecule has 2 saturated heterocycles. The summed E-state index contributed by atoms with van der Waals surface area (Å²) in [5.41, 5.74) is 8.27. The summed E-state index contributed by atoms with van der Waals surface area (Å²) >= 11 is 0. The minimum absolute atomic E-state index is 0.0107. The number of hydrogen-bond acceptors (Lipinski definition) is 4. The van der Waals surface area contributed by atoms with Crippen molar-refractivity contribution >= 4 is 17.7 Å². The molecule has 0 aliphatic carbocycles. The summed E-state index contributed by atoms with van der Waals surface area (Å²) in [6, 6.07) is 16.0. The van der Waals surface area contributed by atoms with Crippen molar-refractivity contribution in [3.8, 4) is 16.9 Å². The second-order valence-electron chi connectivity index (χ2n) is 9.29. The smallest absolute Gasteiger partial charge is 0.228 e. The number of rotatable bonds is 6. The van der Waals surface area contributed by atoms with Gasteiger partial charge in [0.1, 0.15) is 5.75 Å². The molecule has 2 N–H and O–H groups in total. The number of likely N-dealkylation sites (tertiary alicyclic amines) is 2. The number of methoxy groups -OCH3 is 1. The maximum absolute atomic E-state index is 13.1. The number of benzene rings is 2. The number of carbonyl (C=O) groups excluding carboxylic acids is 3. The lowest BCUT2D eigenvalue weighted by Crippen LogP contribution is -2.54. The van der Waals surface area contributed by atoms with E-state index in [2.05, 4.69) is 0 Å². The Hall–Kier alpha value is -3.35. The number of primary amides is 1. The van der Waals surface area contributed by atoms with Crippen LogP contribution in [0.3, 0.4) is 0 Å². The Balaban J connectivity index is 1.49. The third-order valence-corrected chi connectivity index (χ3v) is 7.02. The molecule has 2 aromatic rings. The van der Waals surface area contributed by atoms with E-state index in [1.54, 1.807) is 24.0 Å². The van der Waals surface area contributed by atoms with Gasteiger partial charge in [0.15, 0.2) is 0 Å². The molecule has 0 spiro atoms. The van der Waals surface area contributed by atoms with Gasteiger partial charge in [-0.1, -0.05) is 36.4 Å². The van der Waals surface area contributed by atoms with Crippen LogP contribution in [0.1, 0.15) is 24.8 Å². The van der Waals surface area contributed by atoms with Gasteiger partial charge in [-0.15, -0.1) is 0 Å². The second-order valence-corrected chi connectivity index (χ2v) is 9.29. The fourth-order valence-electron chi connectivity index (χ4n) is 5.03. The molecule has 0 radical (unpaired) electrons. The number of amides is 3. The number of carbonyl (C=O) groups is 3. The highest BCUT2D eigenvalue weighted by molar-refractivity contribution is 5.90. The molecular weight excluding hydrogens is 418 g/mol. The molecule has 0 saturated carbocycles. The van der Waals surface area contributed by atoms with E-state index >= 15 is 0 Å². The summed E-state index contributed by atoms with van der Waals surface area (Å²) in [5, 5.41) is 0. The number of ether oxygens (including phenoxy) is 1. The van der Waals surface area contributed by atoms with Gasteiger partial charge in [0, 0.05) is 33.1 Å². The lowest BCUT2D eigenvalue weighted by atomic mass is 9.74. The van der Waals surface area contributed by atoms with Gasteiger partial charge in [-0.25, -0.2) is 0 Å². The van der Waals surface area contributed by atoms with Crippen molar-refractivity contribution in [2.45, 2.75) is 25.7 Å². The summed E-state index contributed by atoms with van der Waals surface area (Å²) in [6.07, 6.45) is 2.09. The zero-order valence-electron chi connectivity index (χ0n) is 19.3. The second kappa shape index (κ2) is 9.25. The molecule has 7 heteroatoms. The average Bonchev–Trinajstić information content (AvgIpc) is 3.17. The molecule has 7 nitrogen and oxygen atoms in total. The van der Waals surface area contributed by atoms with Crippen LogP contribution in [0.4, 0.5) is 0 Å². The monoisotopic (exact) mass is 449 g/mol. The van der Waals surface area contributed by atoms with Gasteiger partial charge in [-0.3, -0.25) is 14.4 Å². The van der Waals surface area contributed by atoms with Crippen molar-refractivity contribution in [1.29, 1.82) is 0 Å². The highest BCUT2D eigenvalue weighted by Crippen LogP contribution is 2.35. The molecule has 4 rings (SSSR count). The van der Waals surface area contributed by atoms with Gasteiger partial charge in [-0.05, 0) is 48.1 Å². The van der Waals surface area contributed by atoms with Crippen LogP contribution >= 0.6 is 0 Å². The Morgan fingerprint density at radius 1 is 1.09 bits per heavy atom. The van der Waals surface area contributed by atoms with Crippen LogP contribution < -0.4 is 10.5 Å². The highest BCUT2D eigenvalue weighted by Gasteiger charge is 2.44. The fraction of sp³-hybridized carbons (Fsp3) is 0.423. The largest absolute Gasteiger partial charge is 0.497 e. The quantitative estimate of drug-likeness (QED) is 0.733. The van der Waals surface area contributed by atoms with Crippen LogP contribution in [0.25, 0.3) is 11.1 Å². The molecule has 174 valence electrons. The SMILES string of the molecule is COc1ccc(-c2ccc(C[C@]3(C(N)=O)CCCN(C(=O)[C@H]4CC(=O)N(C)C4)C3)cc2)cc1. The molecule has 3 amide bonds. The molecule has 0 bridgehead atoms. The van der Waals surface area contributed by atoms with E-state index in [1.807, 2.05) is 48.5 Å². The Labute approximate surface area is 194 Å². The first-order valence-electron chi connectivity index (χ1n) is 11.4. The molecule has 0 unspecified atom stereocenters. The van der Waals surface area contributed by atoms with Crippen molar-refractivity contribution in [1.82, 2.24) is 9.80 Å². The Kier molecular flexibility index (Phi) is 6.40. The van der Waals surface area contributed by atoms with Crippen molar-refractivity contribution < 1.29 is 19.1 Å². The van der Waals surface area contributed by atoms with E-state index in [9.17, 15) is 14.4 Å². The van der Waals surface area contributed by atoms with Crippen LogP contribution in [0.15, 0.2) is 48.5 Å². The van der Waals surface area contributed by atoms with E-state index in [1.165, 1.54) is 0 Å². The number of nitrogens with zero attached hydrogens (tertiary/aromatic N) is 2. The molecule has 2 atom stereocenters. The fourth-order valence-corrected chi connectivity index (χ4v) is 5.03. The Bertz CT molecular complexity index is 1030. The van der Waals surface area contributed by atoms with Gasteiger partial charge in [-0.2, -0.15) is 0 Å². The highest BCUT2D eigenvalue weighted by atomic mass is 16.5. The lowest BCUT2D eigenvalue weighted by molar-refractivity contribution is -0.143. The van der Waals surface area contributed by atoms with Crippen LogP contribution in [-0.2, 0) is 20.8 Å². The summed E-state index contributed by atoms with van der Waals surface area (Å²) in [7, 11) is 3.36. The van der Waals surface area contributed by atoms with E-state index in [-0.39, 0.29) is 30.1 Å². The minimum atomic E-state index is -0.802. The Morgan fingerprint density at radius 3 is 2.27 bits per heavy atom. The Morgan fingerprint density at radius 2 is 1.73 bits per heavy atom. The van der Waals surface area contributed by atoms with Crippen LogP contribution in [0.5, 0.6) is 5.75 Å². The van der Waals surface area contributed by atoms with Gasteiger partial charge in [0.2, 0.25) is 17.7 Å². The molecule has 2 fully saturated rings. The third-order valence-electron chi connectivity index (χ3n) is 7.02. The normalized spacial score (nSPS) is 23.0. The van der Waals surface area contributed by atoms with Crippen molar-refractivity contribution in [3.05, 3.63) is 54.1 Å². The van der Waals surface area contributed by atoms with Gasteiger partial charge >= 0.3 is 0 Å². The lowest BCUT2D eigenvalue weighted by Gasteiger charge is -2.41. The molecule has 2 aromatic carbocycles. The molecule has 2 aliphatic heterocycles. The summed E-state index contributed by atoms with van der Waals surface area (Å²) in [4.78, 5) is 40.9. The van der Waals surface area contributed by atoms with E-state index in [0.717, 1.165) is 28.9 Å². The summed E-state index contributed by atoms with van der Waals surface area (Å²) in [6.45, 7) is 1.33. The molecular formula is C26H31N3O4. The number of nitrogens with two attached hydrogens (primary N) is 1. The maximum Gasteiger partial charge on any atom is 0.228 e. The van der Waals surface area contributed by atoms with E-state index in [4.69, 9.17) is 10.5 Å². The standard InChI is InChI=1S/C26H31N3O4/c1-28-16-21(14-23(28)30)24(31)29-13-3-12-26(17-29,25(27)32)15-18-4-6-19(7-5-18)20-8-10-22(33-2)11-9-20/h4-11,21H,3,12-17H2,1-2H3,(H2,27,32)/t21-,26+/m0/s1. The third kappa shape index (κ3) is 4.72. The van der Waals surface area contributed by atoms with Gasteiger partial charge in [0.05, 0.1) is 18.4 Å². The first kappa shape index (κ1) is 22.8. The molecule has 0 aromatic heterocycles. The van der Waals surface area contributed by atoms with Gasteiger partial charge in [0.25, 0.3) is 0 Å². The predicted molar refractivity (Wildman–Crippen MR) is 125 cm³/mol. The van der Waals surface area contributed by atoms with Crippen molar-refractivity contribution in [2.24, 2.45) is 17.1 Å². The predicted octanol–water partition coefficient (Wildman–Crippen LogP) is 2.48. The summed E-state index contributed by atoms with van der Waals surface area (Å²) < 4.78 is 5.22. The maximum atomic E-state index is 13.1. The zero-order chi connectivity index (χ0) is 23.6. The average molecular weight is 450 g/mol. The molecule has 2 aliphatic rings. The number of hydrogen-bond donors (Lipinski definition) is 1. The minimum Gasteiger partial charge on any atom is -0.497 e. The molecule has 33 heavy (non-hydrogen) atoms. The first-order chi connectivity index (χ1) is 15.8. The zero-order valence-corrected chi connectivity index (χ0v) is 19.3. The van der Waals surface area contributed by atoms with Crippen LogP contribution in [-0.4, -0.2) is 61.3 Å². The van der Waals surface area contributed by atoms with Crippen LogP contribution in [0, 0.1) is 11.3 Å².